The SMILES string of the molecule is C=CCN1CCC2(CN(Cc3cc(C)cc(C)c3)CC2c2nccs2)C1=O. The standard InChI is InChI=1S/C22H27N3OS/c1-4-7-25-8-5-22(21(25)26)15-24(14-19(22)20-23-6-9-27-20)13-18-11-16(2)10-17(3)12-18/h4,6,9-12,19H,1,5,7-8,13-15H2,2-3H3. The maximum atomic E-state index is 13.4. The molecule has 4 rings (SSSR count). The molecule has 3 heterocycles. The molecule has 1 aromatic heterocycles. The normalized spacial score (nSPS) is 25.6. The number of benzene rings is 1. The zero-order valence-electron chi connectivity index (χ0n) is 16.1. The van der Waals surface area contributed by atoms with E-state index in [-0.39, 0.29) is 17.2 Å². The lowest BCUT2D eigenvalue weighted by Gasteiger charge is -2.27. The van der Waals surface area contributed by atoms with Gasteiger partial charge >= 0.3 is 0 Å². The van der Waals surface area contributed by atoms with Crippen LogP contribution >= 0.6 is 11.3 Å². The maximum Gasteiger partial charge on any atom is 0.231 e. The van der Waals surface area contributed by atoms with E-state index in [9.17, 15) is 4.79 Å². The molecule has 0 radical (unpaired) electrons. The van der Waals surface area contributed by atoms with E-state index in [1.165, 1.54) is 16.7 Å². The third-order valence-electron chi connectivity index (χ3n) is 5.94. The molecule has 4 nitrogen and oxygen atoms in total. The van der Waals surface area contributed by atoms with Crippen LogP contribution in [0.3, 0.4) is 0 Å². The van der Waals surface area contributed by atoms with Gasteiger partial charge < -0.3 is 4.90 Å². The van der Waals surface area contributed by atoms with Crippen LogP contribution in [0.4, 0.5) is 0 Å². The van der Waals surface area contributed by atoms with Gasteiger partial charge in [0, 0.05) is 50.2 Å². The molecule has 5 heteroatoms. The molecule has 2 saturated heterocycles. The third kappa shape index (κ3) is 3.34. The van der Waals surface area contributed by atoms with Gasteiger partial charge in [-0.05, 0) is 25.8 Å². The van der Waals surface area contributed by atoms with Crippen LogP contribution in [0.2, 0.25) is 0 Å². The summed E-state index contributed by atoms with van der Waals surface area (Å²) in [6, 6.07) is 6.73. The van der Waals surface area contributed by atoms with Crippen molar-refractivity contribution in [3.05, 3.63) is 64.1 Å². The van der Waals surface area contributed by atoms with E-state index in [0.29, 0.717) is 6.54 Å². The predicted molar refractivity (Wildman–Crippen MR) is 110 cm³/mol. The molecule has 2 aliphatic heterocycles. The number of hydrogen-bond acceptors (Lipinski definition) is 4. The molecule has 2 unspecified atom stereocenters. The zero-order valence-corrected chi connectivity index (χ0v) is 17.0. The number of aromatic nitrogens is 1. The molecular formula is C22H27N3OS. The number of carbonyl (C=O) groups excluding carboxylic acids is 1. The van der Waals surface area contributed by atoms with E-state index in [4.69, 9.17) is 0 Å². The Morgan fingerprint density at radius 1 is 1.33 bits per heavy atom. The molecule has 1 amide bonds. The smallest absolute Gasteiger partial charge is 0.231 e. The van der Waals surface area contributed by atoms with Gasteiger partial charge in [0.25, 0.3) is 0 Å². The van der Waals surface area contributed by atoms with Crippen LogP contribution in [-0.4, -0.2) is 46.9 Å². The summed E-state index contributed by atoms with van der Waals surface area (Å²) >= 11 is 1.68. The van der Waals surface area contributed by atoms with E-state index < -0.39 is 0 Å². The minimum Gasteiger partial charge on any atom is -0.338 e. The number of rotatable bonds is 5. The minimum absolute atomic E-state index is 0.186. The van der Waals surface area contributed by atoms with E-state index in [2.05, 4.69) is 48.5 Å². The number of hydrogen-bond donors (Lipinski definition) is 0. The van der Waals surface area contributed by atoms with Crippen LogP contribution in [-0.2, 0) is 11.3 Å². The molecule has 142 valence electrons. The third-order valence-corrected chi connectivity index (χ3v) is 6.83. The second kappa shape index (κ2) is 7.21. The monoisotopic (exact) mass is 381 g/mol. The number of nitrogens with zero attached hydrogens (tertiary/aromatic N) is 3. The van der Waals surface area contributed by atoms with Gasteiger partial charge in [0.05, 0.1) is 10.4 Å². The van der Waals surface area contributed by atoms with Crippen LogP contribution < -0.4 is 0 Å². The van der Waals surface area contributed by atoms with E-state index in [0.717, 1.165) is 37.6 Å². The number of carbonyl (C=O) groups is 1. The molecule has 0 N–H and O–H groups in total. The van der Waals surface area contributed by atoms with Crippen LogP contribution in [0.5, 0.6) is 0 Å². The Kier molecular flexibility index (Phi) is 4.91. The second-order valence-electron chi connectivity index (χ2n) is 8.03. The van der Waals surface area contributed by atoms with Gasteiger partial charge in [-0.1, -0.05) is 35.4 Å². The van der Waals surface area contributed by atoms with E-state index >= 15 is 0 Å². The van der Waals surface area contributed by atoms with Gasteiger partial charge in [-0.15, -0.1) is 17.9 Å². The first kappa shape index (κ1) is 18.4. The molecule has 2 fully saturated rings. The zero-order chi connectivity index (χ0) is 19.0. The first-order valence-electron chi connectivity index (χ1n) is 9.61. The molecule has 0 saturated carbocycles. The fraction of sp³-hybridized carbons (Fsp3) is 0.455. The molecule has 1 aromatic carbocycles. The Balaban J connectivity index is 1.62. The Hall–Kier alpha value is -1.98. The van der Waals surface area contributed by atoms with E-state index in [1.807, 2.05) is 22.6 Å². The van der Waals surface area contributed by atoms with Gasteiger partial charge in [-0.3, -0.25) is 9.69 Å². The van der Waals surface area contributed by atoms with E-state index in [1.54, 1.807) is 11.3 Å². The van der Waals surface area contributed by atoms with Crippen molar-refractivity contribution in [3.8, 4) is 0 Å². The summed E-state index contributed by atoms with van der Waals surface area (Å²) in [4.78, 5) is 22.4. The maximum absolute atomic E-state index is 13.4. The first-order chi connectivity index (χ1) is 13.0. The van der Waals surface area contributed by atoms with Crippen LogP contribution in [0.15, 0.2) is 42.4 Å². The molecular weight excluding hydrogens is 354 g/mol. The van der Waals surface area contributed by atoms with Gasteiger partial charge in [0.15, 0.2) is 0 Å². The van der Waals surface area contributed by atoms with Crippen molar-refractivity contribution in [1.82, 2.24) is 14.8 Å². The Bertz CT molecular complexity index is 827. The molecule has 2 aliphatic rings. The molecule has 2 atom stereocenters. The Morgan fingerprint density at radius 3 is 2.78 bits per heavy atom. The largest absolute Gasteiger partial charge is 0.338 e. The molecule has 0 bridgehead atoms. The van der Waals surface area contributed by atoms with Gasteiger partial charge in [-0.25, -0.2) is 4.98 Å². The number of aryl methyl sites for hydroxylation is 2. The molecule has 27 heavy (non-hydrogen) atoms. The quantitative estimate of drug-likeness (QED) is 0.740. The summed E-state index contributed by atoms with van der Waals surface area (Å²) in [5.74, 6) is 0.469. The molecule has 0 aliphatic carbocycles. The highest BCUT2D eigenvalue weighted by atomic mass is 32.1. The summed E-state index contributed by atoms with van der Waals surface area (Å²) in [5.41, 5.74) is 3.59. The van der Waals surface area contributed by atoms with Crippen molar-refractivity contribution in [3.63, 3.8) is 0 Å². The van der Waals surface area contributed by atoms with Crippen molar-refractivity contribution < 1.29 is 4.79 Å². The van der Waals surface area contributed by atoms with Crippen molar-refractivity contribution in [1.29, 1.82) is 0 Å². The van der Waals surface area contributed by atoms with Crippen molar-refractivity contribution >= 4 is 17.2 Å². The summed E-state index contributed by atoms with van der Waals surface area (Å²) in [7, 11) is 0. The summed E-state index contributed by atoms with van der Waals surface area (Å²) in [5, 5.41) is 3.13. The summed E-state index contributed by atoms with van der Waals surface area (Å²) in [6.45, 7) is 12.2. The predicted octanol–water partition coefficient (Wildman–Crippen LogP) is 3.76. The van der Waals surface area contributed by atoms with Crippen molar-refractivity contribution in [2.45, 2.75) is 32.7 Å². The minimum atomic E-state index is -0.334. The fourth-order valence-corrected chi connectivity index (χ4v) is 5.77. The highest BCUT2D eigenvalue weighted by Crippen LogP contribution is 2.50. The van der Waals surface area contributed by atoms with Crippen LogP contribution in [0.25, 0.3) is 0 Å². The lowest BCUT2D eigenvalue weighted by molar-refractivity contribution is -0.135. The van der Waals surface area contributed by atoms with Crippen LogP contribution in [0, 0.1) is 19.3 Å². The number of thiazole rings is 1. The summed E-state index contributed by atoms with van der Waals surface area (Å²) < 4.78 is 0. The topological polar surface area (TPSA) is 36.4 Å². The lowest BCUT2D eigenvalue weighted by Crippen LogP contribution is -2.39. The fourth-order valence-electron chi connectivity index (χ4n) is 4.92. The van der Waals surface area contributed by atoms with Gasteiger partial charge in [-0.2, -0.15) is 0 Å². The number of amides is 1. The second-order valence-corrected chi connectivity index (χ2v) is 8.96. The average molecular weight is 382 g/mol. The Labute approximate surface area is 165 Å². The van der Waals surface area contributed by atoms with Gasteiger partial charge in [0.2, 0.25) is 5.91 Å². The van der Waals surface area contributed by atoms with Crippen molar-refractivity contribution in [2.24, 2.45) is 5.41 Å². The molecule has 2 aromatic rings. The molecule has 1 spiro atoms. The highest BCUT2D eigenvalue weighted by Gasteiger charge is 2.57. The Morgan fingerprint density at radius 2 is 2.11 bits per heavy atom. The van der Waals surface area contributed by atoms with Crippen LogP contribution in [0.1, 0.15) is 34.0 Å². The summed E-state index contributed by atoms with van der Waals surface area (Å²) in [6.07, 6.45) is 4.60. The highest BCUT2D eigenvalue weighted by molar-refractivity contribution is 7.09. The van der Waals surface area contributed by atoms with Crippen molar-refractivity contribution in [2.75, 3.05) is 26.2 Å². The first-order valence-corrected chi connectivity index (χ1v) is 10.5. The average Bonchev–Trinajstić information content (AvgIpc) is 3.31. The lowest BCUT2D eigenvalue weighted by atomic mass is 9.77. The van der Waals surface area contributed by atoms with Gasteiger partial charge in [0.1, 0.15) is 0 Å². The number of likely N-dealkylation sites (tertiary alicyclic amines) is 2.